The fourth-order valence-corrected chi connectivity index (χ4v) is 2.97. The number of H-pyrrole nitrogens is 1. The molecule has 3 rings (SSSR count). The highest BCUT2D eigenvalue weighted by Crippen LogP contribution is 2.41. The Bertz CT molecular complexity index is 859. The van der Waals surface area contributed by atoms with Crippen LogP contribution in [0.5, 0.6) is 5.75 Å². The van der Waals surface area contributed by atoms with Gasteiger partial charge in [-0.2, -0.15) is 0 Å². The van der Waals surface area contributed by atoms with Gasteiger partial charge in [-0.15, -0.1) is 0 Å². The summed E-state index contributed by atoms with van der Waals surface area (Å²) in [5.74, 6) is 1.01. The Hall–Kier alpha value is -2.29. The van der Waals surface area contributed by atoms with Crippen molar-refractivity contribution in [3.8, 4) is 17.1 Å². The van der Waals surface area contributed by atoms with Crippen LogP contribution in [0.15, 0.2) is 36.4 Å². The number of hydrogen-bond donors (Lipinski definition) is 2. The highest BCUT2D eigenvalue weighted by atomic mass is 16.3. The zero-order valence-electron chi connectivity index (χ0n) is 15.4. The van der Waals surface area contributed by atoms with Crippen LogP contribution in [0.2, 0.25) is 0 Å². The van der Waals surface area contributed by atoms with Crippen LogP contribution in [0.25, 0.3) is 22.4 Å². The third-order valence-electron chi connectivity index (χ3n) is 4.42. The first-order valence-corrected chi connectivity index (χ1v) is 8.40. The normalized spacial score (nSPS) is 12.8. The minimum atomic E-state index is -0.104. The number of nitrogens with one attached hydrogen (secondary N) is 1. The molecule has 0 aliphatic heterocycles. The largest absolute Gasteiger partial charge is 0.507 e. The van der Waals surface area contributed by atoms with E-state index in [2.05, 4.69) is 52.6 Å². The number of phenolic OH excluding ortho intramolecular Hbond substituents is 1. The zero-order chi connectivity index (χ0) is 17.7. The molecule has 0 unspecified atom stereocenters. The molecule has 24 heavy (non-hydrogen) atoms. The number of nitrogens with zero attached hydrogens (tertiary/aromatic N) is 1. The summed E-state index contributed by atoms with van der Waals surface area (Å²) in [6, 6.07) is 12.0. The Balaban J connectivity index is 2.30. The number of aromatic nitrogens is 2. The van der Waals surface area contributed by atoms with Crippen LogP contribution < -0.4 is 0 Å². The van der Waals surface area contributed by atoms with Crippen molar-refractivity contribution in [2.24, 2.45) is 0 Å². The number of hydrogen-bond acceptors (Lipinski definition) is 2. The minimum absolute atomic E-state index is 0.0239. The summed E-state index contributed by atoms with van der Waals surface area (Å²) in [6.07, 6.45) is 0. The van der Waals surface area contributed by atoms with Crippen molar-refractivity contribution in [3.05, 3.63) is 47.5 Å². The Morgan fingerprint density at radius 2 is 1.58 bits per heavy atom. The molecular formula is C21H26N2O. The Kier molecular flexibility index (Phi) is 3.71. The van der Waals surface area contributed by atoms with Gasteiger partial charge in [-0.1, -0.05) is 59.7 Å². The number of para-hydroxylation sites is 2. The molecule has 0 aliphatic rings. The molecule has 3 heteroatoms. The summed E-state index contributed by atoms with van der Waals surface area (Å²) >= 11 is 0. The van der Waals surface area contributed by atoms with Crippen molar-refractivity contribution in [3.63, 3.8) is 0 Å². The lowest BCUT2D eigenvalue weighted by atomic mass is 9.78. The highest BCUT2D eigenvalue weighted by Gasteiger charge is 2.27. The van der Waals surface area contributed by atoms with Crippen molar-refractivity contribution in [2.75, 3.05) is 0 Å². The van der Waals surface area contributed by atoms with E-state index in [1.165, 1.54) is 0 Å². The van der Waals surface area contributed by atoms with Gasteiger partial charge in [-0.05, 0) is 40.2 Å². The molecule has 0 saturated heterocycles. The fraction of sp³-hybridized carbons (Fsp3) is 0.381. The summed E-state index contributed by atoms with van der Waals surface area (Å²) in [5, 5.41) is 10.8. The third kappa shape index (κ3) is 2.91. The van der Waals surface area contributed by atoms with Crippen molar-refractivity contribution < 1.29 is 5.11 Å². The van der Waals surface area contributed by atoms with Gasteiger partial charge < -0.3 is 10.1 Å². The average molecular weight is 322 g/mol. The van der Waals surface area contributed by atoms with Gasteiger partial charge in [-0.3, -0.25) is 0 Å². The molecule has 0 saturated carbocycles. The number of benzene rings is 2. The first-order chi connectivity index (χ1) is 11.1. The topological polar surface area (TPSA) is 48.9 Å². The van der Waals surface area contributed by atoms with Gasteiger partial charge in [0.2, 0.25) is 0 Å². The molecule has 0 bridgehead atoms. The second-order valence-corrected chi connectivity index (χ2v) is 8.52. The molecule has 1 aromatic heterocycles. The summed E-state index contributed by atoms with van der Waals surface area (Å²) in [5.41, 5.74) is 4.79. The Morgan fingerprint density at radius 3 is 2.17 bits per heavy atom. The van der Waals surface area contributed by atoms with E-state index in [0.717, 1.165) is 33.5 Å². The molecular weight excluding hydrogens is 296 g/mol. The van der Waals surface area contributed by atoms with Gasteiger partial charge in [0.25, 0.3) is 0 Å². The molecule has 0 atom stereocenters. The second kappa shape index (κ2) is 5.37. The van der Waals surface area contributed by atoms with Crippen LogP contribution in [0.4, 0.5) is 0 Å². The summed E-state index contributed by atoms with van der Waals surface area (Å²) in [7, 11) is 0. The van der Waals surface area contributed by atoms with E-state index in [-0.39, 0.29) is 16.6 Å². The third-order valence-corrected chi connectivity index (χ3v) is 4.42. The van der Waals surface area contributed by atoms with E-state index in [4.69, 9.17) is 4.98 Å². The predicted octanol–water partition coefficient (Wildman–Crippen LogP) is 5.53. The highest BCUT2D eigenvalue weighted by molar-refractivity contribution is 5.82. The average Bonchev–Trinajstić information content (AvgIpc) is 2.87. The van der Waals surface area contributed by atoms with Crippen molar-refractivity contribution in [2.45, 2.75) is 52.4 Å². The van der Waals surface area contributed by atoms with E-state index in [9.17, 15) is 5.11 Å². The first kappa shape index (κ1) is 16.6. The molecule has 2 aromatic carbocycles. The number of rotatable bonds is 1. The molecule has 0 fully saturated rings. The van der Waals surface area contributed by atoms with Crippen LogP contribution in [-0.2, 0) is 10.8 Å². The summed E-state index contributed by atoms with van der Waals surface area (Å²) in [6.45, 7) is 13.0. The second-order valence-electron chi connectivity index (χ2n) is 8.52. The van der Waals surface area contributed by atoms with Crippen molar-refractivity contribution >= 4 is 11.0 Å². The molecule has 0 radical (unpaired) electrons. The number of phenols is 1. The van der Waals surface area contributed by atoms with Gasteiger partial charge in [0, 0.05) is 0 Å². The maximum atomic E-state index is 10.8. The molecule has 0 amide bonds. The van der Waals surface area contributed by atoms with Crippen LogP contribution in [-0.4, -0.2) is 15.1 Å². The maximum absolute atomic E-state index is 10.8. The molecule has 0 spiro atoms. The monoisotopic (exact) mass is 322 g/mol. The van der Waals surface area contributed by atoms with E-state index in [1.807, 2.05) is 30.3 Å². The number of aromatic amines is 1. The zero-order valence-corrected chi connectivity index (χ0v) is 15.4. The standard InChI is InChI=1S/C21H26N2O/c1-20(2,3)13-11-14(21(4,5)6)18(17(24)12-13)19-22-15-9-7-8-10-16(15)23-19/h7-12,24H,1-6H3,(H,22,23). The molecule has 3 nitrogen and oxygen atoms in total. The minimum Gasteiger partial charge on any atom is -0.507 e. The van der Waals surface area contributed by atoms with Gasteiger partial charge in [0.1, 0.15) is 11.6 Å². The SMILES string of the molecule is CC(C)(C)c1cc(O)c(-c2nc3ccccc3[nH]2)c(C(C)(C)C)c1. The molecule has 0 aliphatic carbocycles. The number of aromatic hydroxyl groups is 1. The lowest BCUT2D eigenvalue weighted by Crippen LogP contribution is -2.17. The van der Waals surface area contributed by atoms with Crippen molar-refractivity contribution in [1.82, 2.24) is 9.97 Å². The van der Waals surface area contributed by atoms with Crippen LogP contribution >= 0.6 is 0 Å². The van der Waals surface area contributed by atoms with E-state index in [0.29, 0.717) is 0 Å². The Morgan fingerprint density at radius 1 is 0.917 bits per heavy atom. The summed E-state index contributed by atoms with van der Waals surface area (Å²) in [4.78, 5) is 8.05. The van der Waals surface area contributed by atoms with Crippen LogP contribution in [0.1, 0.15) is 52.7 Å². The van der Waals surface area contributed by atoms with Gasteiger partial charge in [0.15, 0.2) is 0 Å². The molecule has 3 aromatic rings. The van der Waals surface area contributed by atoms with Gasteiger partial charge in [0.05, 0.1) is 16.6 Å². The summed E-state index contributed by atoms with van der Waals surface area (Å²) < 4.78 is 0. The lowest BCUT2D eigenvalue weighted by molar-refractivity contribution is 0.468. The maximum Gasteiger partial charge on any atom is 0.142 e. The van der Waals surface area contributed by atoms with E-state index < -0.39 is 0 Å². The van der Waals surface area contributed by atoms with E-state index >= 15 is 0 Å². The first-order valence-electron chi connectivity index (χ1n) is 8.40. The number of imidazole rings is 1. The van der Waals surface area contributed by atoms with Crippen molar-refractivity contribution in [1.29, 1.82) is 0 Å². The van der Waals surface area contributed by atoms with Crippen LogP contribution in [0.3, 0.4) is 0 Å². The quantitative estimate of drug-likeness (QED) is 0.619. The fourth-order valence-electron chi connectivity index (χ4n) is 2.97. The molecule has 2 N–H and O–H groups in total. The van der Waals surface area contributed by atoms with Gasteiger partial charge in [-0.25, -0.2) is 4.98 Å². The molecule has 126 valence electrons. The van der Waals surface area contributed by atoms with Gasteiger partial charge >= 0.3 is 0 Å². The lowest BCUT2D eigenvalue weighted by Gasteiger charge is -2.27. The predicted molar refractivity (Wildman–Crippen MR) is 101 cm³/mol. The smallest absolute Gasteiger partial charge is 0.142 e. The Labute approximate surface area is 143 Å². The molecule has 1 heterocycles. The number of fused-ring (bicyclic) bond motifs is 1. The van der Waals surface area contributed by atoms with Crippen LogP contribution in [0, 0.1) is 0 Å². The van der Waals surface area contributed by atoms with E-state index in [1.54, 1.807) is 0 Å².